The summed E-state index contributed by atoms with van der Waals surface area (Å²) in [6, 6.07) is 4.48. The van der Waals surface area contributed by atoms with Crippen LogP contribution in [0.15, 0.2) is 32.3 Å². The van der Waals surface area contributed by atoms with Crippen molar-refractivity contribution in [2.45, 2.75) is 0 Å². The first-order chi connectivity index (χ1) is 11.7. The van der Waals surface area contributed by atoms with Gasteiger partial charge in [-0.05, 0) is 18.2 Å². The van der Waals surface area contributed by atoms with Gasteiger partial charge in [-0.15, -0.1) is 4.74 Å². The number of hydrogen-bond donors (Lipinski definition) is 2. The molecule has 11 nitrogen and oxygen atoms in total. The van der Waals surface area contributed by atoms with Crippen molar-refractivity contribution in [3.05, 3.63) is 49.3 Å². The molecule has 0 atom stereocenters. The summed E-state index contributed by atoms with van der Waals surface area (Å²) in [4.78, 5) is 22.6. The van der Waals surface area contributed by atoms with Gasteiger partial charge >= 0.3 is 11.4 Å². The summed E-state index contributed by atoms with van der Waals surface area (Å²) in [7, 11) is -7.27. The zero-order chi connectivity index (χ0) is 20.3. The lowest BCUT2D eigenvalue weighted by Crippen LogP contribution is -2.25. The van der Waals surface area contributed by atoms with Gasteiger partial charge in [-0.1, -0.05) is 23.2 Å². The van der Waals surface area contributed by atoms with Crippen LogP contribution in [0.2, 0.25) is 10.0 Å². The van der Waals surface area contributed by atoms with Crippen LogP contribution in [0.4, 0.5) is 0 Å². The molecule has 0 aliphatic carbocycles. The van der Waals surface area contributed by atoms with Gasteiger partial charge in [-0.2, -0.15) is 16.8 Å². The molecular weight excluding hydrogens is 439 g/mol. The van der Waals surface area contributed by atoms with Crippen LogP contribution in [0.1, 0.15) is 0 Å². The van der Waals surface area contributed by atoms with E-state index >= 15 is 0 Å². The lowest BCUT2D eigenvalue weighted by molar-refractivity contribution is 0.312. The Hall–Kier alpha value is -1.64. The first kappa shape index (κ1) is 22.4. The number of hydrogen-bond acceptors (Lipinski definition) is 7. The smallest absolute Gasteiger partial charge is 0.312 e. The molecule has 1 aromatic carbocycles. The van der Waals surface area contributed by atoms with Crippen LogP contribution < -0.4 is 11.4 Å². The van der Waals surface area contributed by atoms with Crippen molar-refractivity contribution in [3.8, 4) is 5.69 Å². The lowest BCUT2D eigenvalue weighted by Gasteiger charge is -2.00. The van der Waals surface area contributed by atoms with Gasteiger partial charge in [0.2, 0.25) is 0 Å². The highest BCUT2D eigenvalue weighted by Crippen LogP contribution is 2.23. The normalized spacial score (nSPS) is 11.7. The van der Waals surface area contributed by atoms with E-state index < -0.39 is 43.2 Å². The third-order valence-electron chi connectivity index (χ3n) is 2.64. The number of rotatable bonds is 4. The van der Waals surface area contributed by atoms with Crippen molar-refractivity contribution in [1.29, 1.82) is 0 Å². The van der Waals surface area contributed by atoms with E-state index in [0.29, 0.717) is 10.7 Å². The first-order valence-corrected chi connectivity index (χ1v) is 10.3. The fourth-order valence-corrected chi connectivity index (χ4v) is 3.36. The molecule has 0 radical (unpaired) electrons. The molecule has 0 bridgehead atoms. The third kappa shape index (κ3) is 6.93. The van der Waals surface area contributed by atoms with Gasteiger partial charge in [0.1, 0.15) is 0 Å². The second-order valence-electron chi connectivity index (χ2n) is 4.66. The van der Waals surface area contributed by atoms with Gasteiger partial charge in [-0.3, -0.25) is 9.11 Å². The molecule has 0 aliphatic rings. The second-order valence-corrected chi connectivity index (χ2v) is 8.62. The minimum absolute atomic E-state index is 0.276. The number of benzene rings is 1. The van der Waals surface area contributed by atoms with Crippen LogP contribution >= 0.6 is 23.2 Å². The Balaban J connectivity index is 0.000000294. The topological polar surface area (TPSA) is 166 Å². The molecular formula is C11H12Cl2N2O9S2. The van der Waals surface area contributed by atoms with Crippen LogP contribution in [0.25, 0.3) is 5.69 Å². The van der Waals surface area contributed by atoms with Crippen LogP contribution in [0, 0.1) is 0 Å². The Bertz CT molecular complexity index is 1080. The van der Waals surface area contributed by atoms with Gasteiger partial charge in [0.25, 0.3) is 20.2 Å². The van der Waals surface area contributed by atoms with Gasteiger partial charge in [0.15, 0.2) is 0 Å². The minimum atomic E-state index is -4.30. The second kappa shape index (κ2) is 8.37. The van der Waals surface area contributed by atoms with Gasteiger partial charge < -0.3 is 4.52 Å². The molecule has 2 N–H and O–H groups in total. The maximum absolute atomic E-state index is 11.5. The Kier molecular flexibility index (Phi) is 7.21. The van der Waals surface area contributed by atoms with Crippen molar-refractivity contribution in [2.75, 3.05) is 11.5 Å². The first-order valence-electron chi connectivity index (χ1n) is 6.36. The van der Waals surface area contributed by atoms with E-state index in [1.165, 1.54) is 25.2 Å². The zero-order valence-electron chi connectivity index (χ0n) is 12.9. The molecule has 146 valence electrons. The molecule has 26 heavy (non-hydrogen) atoms. The van der Waals surface area contributed by atoms with E-state index in [9.17, 15) is 26.4 Å². The fraction of sp³-hybridized carbons (Fsp3) is 0.273. The Morgan fingerprint density at radius 1 is 1.00 bits per heavy atom. The van der Waals surface area contributed by atoms with E-state index in [0.717, 1.165) is 9.31 Å². The predicted octanol–water partition coefficient (Wildman–Crippen LogP) is 0.198. The molecule has 2 aromatic rings. The number of nitrogens with zero attached hydrogens (tertiary/aromatic N) is 2. The van der Waals surface area contributed by atoms with Gasteiger partial charge in [0.05, 0.1) is 27.2 Å². The summed E-state index contributed by atoms with van der Waals surface area (Å²) in [5.74, 6) is -2.70. The highest BCUT2D eigenvalue weighted by Gasteiger charge is 2.12. The third-order valence-corrected chi connectivity index (χ3v) is 5.08. The van der Waals surface area contributed by atoms with Crippen LogP contribution in [-0.4, -0.2) is 46.8 Å². The quantitative estimate of drug-likeness (QED) is 0.618. The van der Waals surface area contributed by atoms with Gasteiger partial charge in [0, 0.05) is 7.05 Å². The van der Waals surface area contributed by atoms with E-state index in [1.807, 2.05) is 0 Å². The van der Waals surface area contributed by atoms with Crippen molar-refractivity contribution in [2.24, 2.45) is 7.05 Å². The Morgan fingerprint density at radius 2 is 1.50 bits per heavy atom. The lowest BCUT2D eigenvalue weighted by atomic mass is 10.3. The summed E-state index contributed by atoms with van der Waals surface area (Å²) in [6.45, 7) is 0. The van der Waals surface area contributed by atoms with Gasteiger partial charge in [-0.25, -0.2) is 14.2 Å². The van der Waals surface area contributed by atoms with Crippen LogP contribution in [-0.2, 0) is 27.3 Å². The largest absolute Gasteiger partial charge is 0.442 e. The average molecular weight is 451 g/mol. The monoisotopic (exact) mass is 450 g/mol. The molecule has 15 heteroatoms. The summed E-state index contributed by atoms with van der Waals surface area (Å²) in [5, 5.41) is 0.634. The molecule has 0 saturated heterocycles. The molecule has 0 spiro atoms. The highest BCUT2D eigenvalue weighted by atomic mass is 35.5. The van der Waals surface area contributed by atoms with E-state index in [4.69, 9.17) is 36.8 Å². The minimum Gasteiger partial charge on any atom is -0.312 e. The van der Waals surface area contributed by atoms with Crippen molar-refractivity contribution in [1.82, 2.24) is 9.31 Å². The number of halogens is 2. The van der Waals surface area contributed by atoms with Crippen molar-refractivity contribution in [3.63, 3.8) is 0 Å². The summed E-state index contributed by atoms with van der Waals surface area (Å²) in [6.07, 6.45) is 0. The molecule has 0 aliphatic heterocycles. The Morgan fingerprint density at radius 3 is 1.85 bits per heavy atom. The van der Waals surface area contributed by atoms with E-state index in [-0.39, 0.29) is 5.02 Å². The van der Waals surface area contributed by atoms with E-state index in [2.05, 4.69) is 0 Å². The van der Waals surface area contributed by atoms with Crippen LogP contribution in [0.3, 0.4) is 0 Å². The van der Waals surface area contributed by atoms with Crippen molar-refractivity contribution >= 4 is 43.4 Å². The molecule has 0 fully saturated rings. The van der Waals surface area contributed by atoms with E-state index in [1.54, 1.807) is 0 Å². The molecule has 0 saturated carbocycles. The summed E-state index contributed by atoms with van der Waals surface area (Å²) < 4.78 is 61.8. The highest BCUT2D eigenvalue weighted by molar-refractivity contribution is 7.89. The predicted molar refractivity (Wildman–Crippen MR) is 92.4 cm³/mol. The number of aromatic nitrogens is 2. The maximum Gasteiger partial charge on any atom is 0.442 e. The zero-order valence-corrected chi connectivity index (χ0v) is 16.0. The SMILES string of the molecule is Cn1c(=O)on(-c2ccc(Cl)c(Cl)c2)c1=O.O=S(=O)(O)CCS(=O)(=O)O. The summed E-state index contributed by atoms with van der Waals surface area (Å²) in [5.41, 5.74) is -0.236. The van der Waals surface area contributed by atoms with Crippen molar-refractivity contribution < 1.29 is 30.5 Å². The fourth-order valence-electron chi connectivity index (χ4n) is 1.38. The average Bonchev–Trinajstić information content (AvgIpc) is 2.75. The molecule has 0 amide bonds. The molecule has 1 aromatic heterocycles. The molecule has 2 rings (SSSR count). The van der Waals surface area contributed by atoms with Crippen LogP contribution in [0.5, 0.6) is 0 Å². The molecule has 0 unspecified atom stereocenters. The molecule has 1 heterocycles. The summed E-state index contributed by atoms with van der Waals surface area (Å²) >= 11 is 11.5. The maximum atomic E-state index is 11.5. The Labute approximate surface area is 156 Å². The standard InChI is InChI=1S/C9H6Cl2N2O3.C2H6O6S2/c1-12-8(14)13(16-9(12)15)5-2-3-6(10)7(11)4-5;3-9(4,5)1-2-10(6,7)8/h2-4H,1H3;1-2H2,(H,3,4,5)(H,6,7,8).